The van der Waals surface area contributed by atoms with E-state index in [4.69, 9.17) is 9.84 Å². The lowest BCUT2D eigenvalue weighted by Gasteiger charge is -2.07. The summed E-state index contributed by atoms with van der Waals surface area (Å²) in [7, 11) is 0. The van der Waals surface area contributed by atoms with Gasteiger partial charge in [0.25, 0.3) is 0 Å². The fourth-order valence-electron chi connectivity index (χ4n) is 0.697. The average Bonchev–Trinajstić information content (AvgIpc) is 2.00. The molecule has 1 N–H and O–H groups in total. The molecule has 0 bridgehead atoms. The Morgan fingerprint density at radius 1 is 1.27 bits per heavy atom. The van der Waals surface area contributed by atoms with Crippen LogP contribution in [0.25, 0.3) is 0 Å². The molecule has 0 aliphatic carbocycles. The van der Waals surface area contributed by atoms with Gasteiger partial charge >= 0.3 is 0 Å². The highest BCUT2D eigenvalue weighted by atomic mass is 79.9. The van der Waals surface area contributed by atoms with Gasteiger partial charge in [-0.1, -0.05) is 6.07 Å². The Labute approximate surface area is 99.6 Å². The molecular formula is C11H18BrNO2. The fourth-order valence-corrected chi connectivity index (χ4v) is 1.02. The van der Waals surface area contributed by atoms with Crippen molar-refractivity contribution in [3.8, 4) is 5.88 Å². The van der Waals surface area contributed by atoms with E-state index in [0.29, 0.717) is 5.88 Å². The molecule has 0 atom stereocenters. The average molecular weight is 276 g/mol. The highest BCUT2D eigenvalue weighted by molar-refractivity contribution is 9.10. The van der Waals surface area contributed by atoms with Gasteiger partial charge in [0.05, 0.1) is 6.10 Å². The van der Waals surface area contributed by atoms with Crippen LogP contribution in [0.15, 0.2) is 22.8 Å². The second-order valence-electron chi connectivity index (χ2n) is 3.56. The topological polar surface area (TPSA) is 42.4 Å². The van der Waals surface area contributed by atoms with Gasteiger partial charge in [-0.3, -0.25) is 0 Å². The molecule has 1 aromatic heterocycles. The molecule has 1 rings (SSSR count). The van der Waals surface area contributed by atoms with Crippen LogP contribution in [0.2, 0.25) is 0 Å². The van der Waals surface area contributed by atoms with Gasteiger partial charge in [-0.25, -0.2) is 4.98 Å². The SMILES string of the molecule is CC(C)O.CC(C)Oc1cccc(Br)n1. The zero-order valence-corrected chi connectivity index (χ0v) is 11.2. The molecule has 15 heavy (non-hydrogen) atoms. The Kier molecular flexibility index (Phi) is 7.34. The predicted octanol–water partition coefficient (Wildman–Crippen LogP) is 3.02. The van der Waals surface area contributed by atoms with Gasteiger partial charge in [-0.05, 0) is 49.7 Å². The largest absolute Gasteiger partial charge is 0.475 e. The second-order valence-corrected chi connectivity index (χ2v) is 4.37. The van der Waals surface area contributed by atoms with Crippen LogP contribution in [0.1, 0.15) is 27.7 Å². The number of aliphatic hydroxyl groups excluding tert-OH is 1. The summed E-state index contributed by atoms with van der Waals surface area (Å²) in [4.78, 5) is 4.11. The number of ether oxygens (including phenoxy) is 1. The second kappa shape index (κ2) is 7.65. The minimum Gasteiger partial charge on any atom is -0.475 e. The fraction of sp³-hybridized carbons (Fsp3) is 0.545. The number of hydrogen-bond donors (Lipinski definition) is 1. The monoisotopic (exact) mass is 275 g/mol. The number of nitrogens with zero attached hydrogens (tertiary/aromatic N) is 1. The van der Waals surface area contributed by atoms with Gasteiger partial charge in [0, 0.05) is 12.2 Å². The van der Waals surface area contributed by atoms with Crippen LogP contribution < -0.4 is 4.74 Å². The highest BCUT2D eigenvalue weighted by Crippen LogP contribution is 2.12. The standard InChI is InChI=1S/C8H10BrNO.C3H8O/c1-6(2)11-8-5-3-4-7(9)10-8;1-3(2)4/h3-6H,1-2H3;3-4H,1-2H3. The molecule has 4 heteroatoms. The lowest BCUT2D eigenvalue weighted by Crippen LogP contribution is -2.06. The predicted molar refractivity (Wildman–Crippen MR) is 65.1 cm³/mol. The summed E-state index contributed by atoms with van der Waals surface area (Å²) in [5, 5.41) is 8.06. The third-order valence-corrected chi connectivity index (χ3v) is 1.49. The molecule has 0 saturated carbocycles. The first-order chi connectivity index (χ1) is 6.91. The van der Waals surface area contributed by atoms with E-state index in [2.05, 4.69) is 20.9 Å². The van der Waals surface area contributed by atoms with E-state index in [-0.39, 0.29) is 12.2 Å². The summed E-state index contributed by atoms with van der Waals surface area (Å²) >= 11 is 3.26. The van der Waals surface area contributed by atoms with Gasteiger partial charge in [0.15, 0.2) is 0 Å². The lowest BCUT2D eigenvalue weighted by molar-refractivity contribution is 0.216. The summed E-state index contributed by atoms with van der Waals surface area (Å²) in [6, 6.07) is 5.60. The van der Waals surface area contributed by atoms with Crippen LogP contribution in [0.3, 0.4) is 0 Å². The Morgan fingerprint density at radius 3 is 2.20 bits per heavy atom. The van der Waals surface area contributed by atoms with Crippen molar-refractivity contribution in [2.24, 2.45) is 0 Å². The maximum absolute atomic E-state index is 8.06. The molecule has 0 unspecified atom stereocenters. The number of rotatable bonds is 2. The molecule has 0 radical (unpaired) electrons. The van der Waals surface area contributed by atoms with Crippen LogP contribution in [0, 0.1) is 0 Å². The van der Waals surface area contributed by atoms with E-state index in [1.165, 1.54) is 0 Å². The highest BCUT2D eigenvalue weighted by Gasteiger charge is 1.97. The molecule has 0 aromatic carbocycles. The smallest absolute Gasteiger partial charge is 0.214 e. The van der Waals surface area contributed by atoms with Crippen LogP contribution in [0.4, 0.5) is 0 Å². The quantitative estimate of drug-likeness (QED) is 0.844. The van der Waals surface area contributed by atoms with Crippen molar-refractivity contribution in [3.63, 3.8) is 0 Å². The zero-order valence-electron chi connectivity index (χ0n) is 9.57. The lowest BCUT2D eigenvalue weighted by atomic mass is 10.4. The molecule has 3 nitrogen and oxygen atoms in total. The number of pyridine rings is 1. The molecule has 0 fully saturated rings. The molecule has 0 aliphatic heterocycles. The Balaban J connectivity index is 0.000000423. The van der Waals surface area contributed by atoms with E-state index in [1.807, 2.05) is 32.0 Å². The summed E-state index contributed by atoms with van der Waals surface area (Å²) in [6.07, 6.45) is 0.0109. The van der Waals surface area contributed by atoms with E-state index in [0.717, 1.165) is 4.60 Å². The minimum atomic E-state index is -0.167. The first-order valence-electron chi connectivity index (χ1n) is 4.89. The third-order valence-electron chi connectivity index (χ3n) is 1.05. The zero-order chi connectivity index (χ0) is 11.8. The number of aromatic nitrogens is 1. The summed E-state index contributed by atoms with van der Waals surface area (Å²) in [5.41, 5.74) is 0. The van der Waals surface area contributed by atoms with Crippen molar-refractivity contribution in [2.45, 2.75) is 39.9 Å². The van der Waals surface area contributed by atoms with Gasteiger partial charge in [0.2, 0.25) is 5.88 Å². The maximum Gasteiger partial charge on any atom is 0.214 e. The van der Waals surface area contributed by atoms with Crippen molar-refractivity contribution in [2.75, 3.05) is 0 Å². The summed E-state index contributed by atoms with van der Waals surface area (Å²) in [6.45, 7) is 7.39. The summed E-state index contributed by atoms with van der Waals surface area (Å²) < 4.78 is 6.16. The Morgan fingerprint density at radius 2 is 1.80 bits per heavy atom. The Hall–Kier alpha value is -0.610. The van der Waals surface area contributed by atoms with Gasteiger partial charge in [0.1, 0.15) is 4.60 Å². The van der Waals surface area contributed by atoms with Gasteiger partial charge < -0.3 is 9.84 Å². The van der Waals surface area contributed by atoms with Crippen molar-refractivity contribution < 1.29 is 9.84 Å². The van der Waals surface area contributed by atoms with E-state index in [9.17, 15) is 0 Å². The molecule has 86 valence electrons. The summed E-state index contributed by atoms with van der Waals surface area (Å²) in [5.74, 6) is 0.661. The molecule has 1 aromatic rings. The van der Waals surface area contributed by atoms with Crippen LogP contribution in [-0.4, -0.2) is 22.3 Å². The molecule has 0 amide bonds. The number of aliphatic hydroxyl groups is 1. The van der Waals surface area contributed by atoms with Gasteiger partial charge in [-0.15, -0.1) is 0 Å². The van der Waals surface area contributed by atoms with Crippen LogP contribution in [0.5, 0.6) is 5.88 Å². The third kappa shape index (κ3) is 9.69. The van der Waals surface area contributed by atoms with Crippen molar-refractivity contribution in [1.82, 2.24) is 4.98 Å². The maximum atomic E-state index is 8.06. The minimum absolute atomic E-state index is 0.167. The molecular weight excluding hydrogens is 258 g/mol. The first kappa shape index (κ1) is 14.4. The Bertz CT molecular complexity index is 274. The van der Waals surface area contributed by atoms with Crippen LogP contribution >= 0.6 is 15.9 Å². The normalized spacial score (nSPS) is 9.87. The molecule has 0 aliphatic rings. The van der Waals surface area contributed by atoms with E-state index in [1.54, 1.807) is 13.8 Å². The van der Waals surface area contributed by atoms with E-state index >= 15 is 0 Å². The number of halogens is 1. The van der Waals surface area contributed by atoms with Crippen molar-refractivity contribution in [3.05, 3.63) is 22.8 Å². The van der Waals surface area contributed by atoms with Crippen LogP contribution in [-0.2, 0) is 0 Å². The molecule has 0 saturated heterocycles. The van der Waals surface area contributed by atoms with Crippen molar-refractivity contribution >= 4 is 15.9 Å². The van der Waals surface area contributed by atoms with Crippen molar-refractivity contribution in [1.29, 1.82) is 0 Å². The first-order valence-corrected chi connectivity index (χ1v) is 5.68. The molecule has 0 spiro atoms. The number of hydrogen-bond acceptors (Lipinski definition) is 3. The van der Waals surface area contributed by atoms with Gasteiger partial charge in [-0.2, -0.15) is 0 Å². The molecule has 1 heterocycles. The van der Waals surface area contributed by atoms with E-state index < -0.39 is 0 Å².